The Bertz CT molecular complexity index is 396. The van der Waals surface area contributed by atoms with Crippen molar-refractivity contribution in [2.75, 3.05) is 12.3 Å². The lowest BCUT2D eigenvalue weighted by Crippen LogP contribution is -2.08. The summed E-state index contributed by atoms with van der Waals surface area (Å²) in [5, 5.41) is 0.284. The Morgan fingerprint density at radius 3 is 2.69 bits per heavy atom. The van der Waals surface area contributed by atoms with Gasteiger partial charge in [-0.25, -0.2) is 8.78 Å². The minimum absolute atomic E-state index is 0.0882. The Morgan fingerprint density at radius 2 is 2.06 bits per heavy atom. The molecule has 0 amide bonds. The molecule has 88 valence electrons. The van der Waals surface area contributed by atoms with E-state index in [4.69, 9.17) is 22.7 Å². The molecular formula is C11H13F2NOS. The number of ether oxygens (including phenoxy) is 1. The van der Waals surface area contributed by atoms with Crippen LogP contribution in [-0.2, 0) is 11.2 Å². The molecule has 0 unspecified atom stereocenters. The van der Waals surface area contributed by atoms with Crippen molar-refractivity contribution in [1.29, 1.82) is 0 Å². The summed E-state index contributed by atoms with van der Waals surface area (Å²) in [7, 11) is 0. The van der Waals surface area contributed by atoms with E-state index in [1.807, 2.05) is 6.92 Å². The smallest absolute Gasteiger partial charge is 0.164 e. The zero-order chi connectivity index (χ0) is 12.1. The number of nitrogens with two attached hydrogens (primary N) is 1. The van der Waals surface area contributed by atoms with E-state index in [1.165, 1.54) is 6.07 Å². The van der Waals surface area contributed by atoms with Crippen LogP contribution >= 0.6 is 12.2 Å². The van der Waals surface area contributed by atoms with Crippen LogP contribution in [0.4, 0.5) is 14.5 Å². The highest BCUT2D eigenvalue weighted by Crippen LogP contribution is 2.17. The molecular weight excluding hydrogens is 232 g/mol. The molecule has 5 heteroatoms. The molecule has 0 saturated carbocycles. The van der Waals surface area contributed by atoms with Gasteiger partial charge in [-0.3, -0.25) is 0 Å². The number of hydrogen-bond donors (Lipinski definition) is 1. The second kappa shape index (κ2) is 5.75. The van der Waals surface area contributed by atoms with Crippen molar-refractivity contribution in [3.63, 3.8) is 0 Å². The quantitative estimate of drug-likeness (QED) is 0.654. The SMILES string of the molecule is CCCOC(=S)Cc1cc(N)c(F)cc1F. The van der Waals surface area contributed by atoms with Crippen LogP contribution < -0.4 is 5.73 Å². The average Bonchev–Trinajstić information content (AvgIpc) is 2.23. The summed E-state index contributed by atoms with van der Waals surface area (Å²) in [5.74, 6) is -1.42. The van der Waals surface area contributed by atoms with E-state index in [2.05, 4.69) is 0 Å². The average molecular weight is 245 g/mol. The van der Waals surface area contributed by atoms with Crippen molar-refractivity contribution in [2.24, 2.45) is 0 Å². The Kier molecular flexibility index (Phi) is 4.61. The van der Waals surface area contributed by atoms with Gasteiger partial charge in [-0.2, -0.15) is 0 Å². The molecule has 2 N–H and O–H groups in total. The Balaban J connectivity index is 2.73. The number of nitrogen functional groups attached to an aromatic ring is 1. The molecule has 0 bridgehead atoms. The van der Waals surface area contributed by atoms with Crippen LogP contribution in [0, 0.1) is 11.6 Å². The highest BCUT2D eigenvalue weighted by Gasteiger charge is 2.10. The van der Waals surface area contributed by atoms with Crippen LogP contribution in [0.25, 0.3) is 0 Å². The van der Waals surface area contributed by atoms with Gasteiger partial charge in [-0.1, -0.05) is 6.92 Å². The maximum absolute atomic E-state index is 13.3. The van der Waals surface area contributed by atoms with Gasteiger partial charge in [0.25, 0.3) is 0 Å². The third kappa shape index (κ3) is 3.41. The molecule has 0 aromatic heterocycles. The minimum Gasteiger partial charge on any atom is -0.487 e. The first-order valence-electron chi connectivity index (χ1n) is 4.93. The van der Waals surface area contributed by atoms with Crippen LogP contribution in [0.5, 0.6) is 0 Å². The summed E-state index contributed by atoms with van der Waals surface area (Å²) in [6.07, 6.45) is 0.958. The molecule has 2 nitrogen and oxygen atoms in total. The molecule has 0 heterocycles. The first-order valence-corrected chi connectivity index (χ1v) is 5.34. The third-order valence-corrected chi connectivity index (χ3v) is 2.23. The maximum atomic E-state index is 13.3. The number of rotatable bonds is 4. The summed E-state index contributed by atoms with van der Waals surface area (Å²) >= 11 is 4.91. The molecule has 0 aliphatic rings. The number of thiocarbonyl (C=S) groups is 1. The fourth-order valence-corrected chi connectivity index (χ4v) is 1.41. The van der Waals surface area contributed by atoms with Gasteiger partial charge >= 0.3 is 0 Å². The van der Waals surface area contributed by atoms with Gasteiger partial charge in [0.15, 0.2) is 5.05 Å². The normalized spacial score (nSPS) is 10.2. The summed E-state index contributed by atoms with van der Waals surface area (Å²) in [6, 6.07) is 2.00. The van der Waals surface area contributed by atoms with E-state index in [-0.39, 0.29) is 22.7 Å². The minimum atomic E-state index is -0.762. The van der Waals surface area contributed by atoms with Crippen LogP contribution in [0.1, 0.15) is 18.9 Å². The highest BCUT2D eigenvalue weighted by molar-refractivity contribution is 7.80. The molecule has 0 radical (unpaired) electrons. The van der Waals surface area contributed by atoms with E-state index in [1.54, 1.807) is 0 Å². The van der Waals surface area contributed by atoms with Gasteiger partial charge in [-0.05, 0) is 30.3 Å². The Hall–Kier alpha value is -1.23. The first kappa shape index (κ1) is 12.8. The molecule has 1 aromatic rings. The molecule has 16 heavy (non-hydrogen) atoms. The van der Waals surface area contributed by atoms with Crippen molar-refractivity contribution in [3.05, 3.63) is 29.3 Å². The Labute approximate surface area is 98.4 Å². The van der Waals surface area contributed by atoms with Gasteiger partial charge in [-0.15, -0.1) is 0 Å². The predicted molar refractivity (Wildman–Crippen MR) is 63.3 cm³/mol. The van der Waals surface area contributed by atoms with Gasteiger partial charge in [0, 0.05) is 12.5 Å². The largest absolute Gasteiger partial charge is 0.487 e. The second-order valence-corrected chi connectivity index (χ2v) is 3.82. The summed E-state index contributed by atoms with van der Waals surface area (Å²) < 4.78 is 31.3. The number of anilines is 1. The number of benzene rings is 1. The fourth-order valence-electron chi connectivity index (χ4n) is 1.17. The monoisotopic (exact) mass is 245 g/mol. The molecule has 0 atom stereocenters. The van der Waals surface area contributed by atoms with Crippen molar-refractivity contribution < 1.29 is 13.5 Å². The topological polar surface area (TPSA) is 35.2 Å². The van der Waals surface area contributed by atoms with Gasteiger partial charge in [0.2, 0.25) is 0 Å². The fraction of sp³-hybridized carbons (Fsp3) is 0.364. The molecule has 0 spiro atoms. The first-order chi connectivity index (χ1) is 7.54. The molecule has 0 aliphatic heterocycles. The van der Waals surface area contributed by atoms with Crippen molar-refractivity contribution in [2.45, 2.75) is 19.8 Å². The lowest BCUT2D eigenvalue weighted by Gasteiger charge is -2.08. The van der Waals surface area contributed by atoms with Crippen LogP contribution in [0.3, 0.4) is 0 Å². The van der Waals surface area contributed by atoms with E-state index < -0.39 is 11.6 Å². The summed E-state index contributed by atoms with van der Waals surface area (Å²) in [6.45, 7) is 2.44. The molecule has 0 fully saturated rings. The van der Waals surface area contributed by atoms with Crippen molar-refractivity contribution in [1.82, 2.24) is 0 Å². The van der Waals surface area contributed by atoms with Crippen LogP contribution in [0.2, 0.25) is 0 Å². The van der Waals surface area contributed by atoms with Crippen LogP contribution in [0.15, 0.2) is 12.1 Å². The van der Waals surface area contributed by atoms with Gasteiger partial charge < -0.3 is 10.5 Å². The zero-order valence-electron chi connectivity index (χ0n) is 8.93. The van der Waals surface area contributed by atoms with Crippen molar-refractivity contribution in [3.8, 4) is 0 Å². The molecule has 0 saturated heterocycles. The standard InChI is InChI=1S/C11H13F2NOS/c1-2-3-15-11(16)5-7-4-10(14)9(13)6-8(7)12/h4,6H,2-3,5,14H2,1H3. The van der Waals surface area contributed by atoms with E-state index >= 15 is 0 Å². The molecule has 1 aromatic carbocycles. The van der Waals surface area contributed by atoms with Gasteiger partial charge in [0.05, 0.1) is 12.3 Å². The Morgan fingerprint density at radius 1 is 1.38 bits per heavy atom. The number of halogens is 2. The van der Waals surface area contributed by atoms with Crippen molar-refractivity contribution >= 4 is 23.0 Å². The highest BCUT2D eigenvalue weighted by atomic mass is 32.1. The lowest BCUT2D eigenvalue weighted by molar-refractivity contribution is 0.306. The van der Waals surface area contributed by atoms with Gasteiger partial charge in [0.1, 0.15) is 11.6 Å². The van der Waals surface area contributed by atoms with E-state index in [9.17, 15) is 8.78 Å². The predicted octanol–water partition coefficient (Wildman–Crippen LogP) is 2.84. The lowest BCUT2D eigenvalue weighted by atomic mass is 10.1. The molecule has 1 rings (SSSR count). The van der Waals surface area contributed by atoms with E-state index in [0.29, 0.717) is 6.61 Å². The second-order valence-electron chi connectivity index (χ2n) is 3.36. The zero-order valence-corrected chi connectivity index (χ0v) is 9.74. The number of hydrogen-bond acceptors (Lipinski definition) is 3. The summed E-state index contributed by atoms with van der Waals surface area (Å²) in [4.78, 5) is 0. The van der Waals surface area contributed by atoms with E-state index in [0.717, 1.165) is 12.5 Å². The maximum Gasteiger partial charge on any atom is 0.164 e. The van der Waals surface area contributed by atoms with Crippen LogP contribution in [-0.4, -0.2) is 11.7 Å². The molecule has 0 aliphatic carbocycles. The third-order valence-electron chi connectivity index (χ3n) is 1.97. The summed E-state index contributed by atoms with van der Waals surface area (Å²) in [5.41, 5.74) is 5.50.